The number of unbranched alkanes of at least 4 members (excludes halogenated alkanes) is 25. The van der Waals surface area contributed by atoms with Gasteiger partial charge in [-0.1, -0.05) is 172 Å². The van der Waals surface area contributed by atoms with E-state index in [-0.39, 0.29) is 32.6 Å². The Morgan fingerprint density at radius 1 is 0.509 bits per heavy atom. The van der Waals surface area contributed by atoms with Crippen molar-refractivity contribution >= 4 is 19.8 Å². The summed E-state index contributed by atoms with van der Waals surface area (Å²) in [4.78, 5) is 34.9. The molecular weight excluding hydrogens is 737 g/mol. The highest BCUT2D eigenvalue weighted by molar-refractivity contribution is 7.47. The van der Waals surface area contributed by atoms with Gasteiger partial charge in [0.15, 0.2) is 6.10 Å². The topological polar surface area (TPSA) is 134 Å². The number of carbonyl (C=O) groups is 2. The molecule has 3 N–H and O–H groups in total. The third kappa shape index (κ3) is 43.6. The molecule has 0 spiro atoms. The summed E-state index contributed by atoms with van der Waals surface area (Å²) in [7, 11) is -4.39. The fraction of sp³-hybridized carbons (Fsp3) is 0.830. The number of nitrogens with two attached hydrogens (primary N) is 1. The third-order valence-corrected chi connectivity index (χ3v) is 11.0. The zero-order chi connectivity index (χ0) is 41.8. The average Bonchev–Trinajstić information content (AvgIpc) is 3.20. The molecular formula is C47H88NO8P. The van der Waals surface area contributed by atoms with Gasteiger partial charge in [-0.05, 0) is 70.6 Å². The first-order valence-corrected chi connectivity index (χ1v) is 25.0. The minimum atomic E-state index is -4.39. The Morgan fingerprint density at radius 2 is 0.895 bits per heavy atom. The molecule has 0 aromatic rings. The van der Waals surface area contributed by atoms with Gasteiger partial charge in [0.25, 0.3) is 0 Å². The first kappa shape index (κ1) is 55.2. The van der Waals surface area contributed by atoms with Crippen molar-refractivity contribution in [2.75, 3.05) is 26.4 Å². The van der Waals surface area contributed by atoms with Crippen molar-refractivity contribution in [3.8, 4) is 0 Å². The van der Waals surface area contributed by atoms with Crippen LogP contribution in [0.25, 0.3) is 0 Å². The van der Waals surface area contributed by atoms with E-state index >= 15 is 0 Å². The Balaban J connectivity index is 4.10. The van der Waals surface area contributed by atoms with Crippen LogP contribution in [0.3, 0.4) is 0 Å². The van der Waals surface area contributed by atoms with Crippen LogP contribution in [0.1, 0.15) is 219 Å². The largest absolute Gasteiger partial charge is 0.472 e. The van der Waals surface area contributed by atoms with Gasteiger partial charge in [0.2, 0.25) is 0 Å². The number of allylic oxidation sites excluding steroid dienone is 6. The molecule has 0 saturated carbocycles. The van der Waals surface area contributed by atoms with Crippen LogP contribution in [-0.4, -0.2) is 49.3 Å². The third-order valence-electron chi connectivity index (χ3n) is 9.98. The molecule has 0 bridgehead atoms. The van der Waals surface area contributed by atoms with E-state index in [1.807, 2.05) is 0 Å². The second-order valence-electron chi connectivity index (χ2n) is 15.6. The quantitative estimate of drug-likeness (QED) is 0.0266. The lowest BCUT2D eigenvalue weighted by Crippen LogP contribution is -2.29. The van der Waals surface area contributed by atoms with Gasteiger partial charge in [-0.15, -0.1) is 0 Å². The summed E-state index contributed by atoms with van der Waals surface area (Å²) in [6.45, 7) is 3.68. The van der Waals surface area contributed by atoms with E-state index in [9.17, 15) is 19.0 Å². The predicted molar refractivity (Wildman–Crippen MR) is 238 cm³/mol. The van der Waals surface area contributed by atoms with Crippen LogP contribution in [-0.2, 0) is 32.7 Å². The van der Waals surface area contributed by atoms with Crippen LogP contribution in [0.5, 0.6) is 0 Å². The first-order valence-electron chi connectivity index (χ1n) is 23.5. The maximum absolute atomic E-state index is 12.6. The summed E-state index contributed by atoms with van der Waals surface area (Å²) in [6.07, 6.45) is 49.1. The van der Waals surface area contributed by atoms with Gasteiger partial charge in [-0.2, -0.15) is 0 Å². The lowest BCUT2D eigenvalue weighted by molar-refractivity contribution is -0.161. The van der Waals surface area contributed by atoms with Gasteiger partial charge in [0, 0.05) is 19.4 Å². The van der Waals surface area contributed by atoms with Crippen LogP contribution >= 0.6 is 7.82 Å². The fourth-order valence-corrected chi connectivity index (χ4v) is 7.24. The monoisotopic (exact) mass is 826 g/mol. The molecule has 0 fully saturated rings. The summed E-state index contributed by atoms with van der Waals surface area (Å²) >= 11 is 0. The van der Waals surface area contributed by atoms with E-state index in [0.717, 1.165) is 57.8 Å². The van der Waals surface area contributed by atoms with Gasteiger partial charge >= 0.3 is 19.8 Å². The molecule has 9 nitrogen and oxygen atoms in total. The SMILES string of the molecule is CCCCCC/C=C/CCCCCCCC(=O)O[C@@H](COC(=O)CCC/C=C/CC/C=C/CCCCCCCCCCCCCCCC)COP(=O)(O)OCCN. The molecule has 0 aliphatic rings. The number of hydrogen-bond donors (Lipinski definition) is 2. The maximum Gasteiger partial charge on any atom is 0.472 e. The van der Waals surface area contributed by atoms with Gasteiger partial charge in [-0.3, -0.25) is 18.6 Å². The molecule has 10 heteroatoms. The first-order chi connectivity index (χ1) is 27.8. The number of carbonyl (C=O) groups excluding carboxylic acids is 2. The zero-order valence-electron chi connectivity index (χ0n) is 36.8. The number of hydrogen-bond acceptors (Lipinski definition) is 8. The molecule has 0 radical (unpaired) electrons. The smallest absolute Gasteiger partial charge is 0.462 e. The van der Waals surface area contributed by atoms with E-state index in [0.29, 0.717) is 12.8 Å². The maximum atomic E-state index is 12.6. The Kier molecular flexibility index (Phi) is 42.4. The summed E-state index contributed by atoms with van der Waals surface area (Å²) < 4.78 is 32.7. The van der Waals surface area contributed by atoms with Crippen LogP contribution in [0, 0.1) is 0 Å². The second-order valence-corrected chi connectivity index (χ2v) is 17.1. The molecule has 0 heterocycles. The zero-order valence-corrected chi connectivity index (χ0v) is 37.7. The summed E-state index contributed by atoms with van der Waals surface area (Å²) in [5.74, 6) is -0.884. The Bertz CT molecular complexity index is 1030. The molecule has 0 amide bonds. The highest BCUT2D eigenvalue weighted by atomic mass is 31.2. The normalized spacial score (nSPS) is 13.5. The summed E-state index contributed by atoms with van der Waals surface area (Å²) in [6, 6.07) is 0. The molecule has 0 aromatic carbocycles. The molecule has 0 saturated heterocycles. The number of esters is 2. The Labute approximate surface area is 350 Å². The number of phosphoric acid groups is 1. The number of rotatable bonds is 44. The van der Waals surface area contributed by atoms with Gasteiger partial charge in [0.05, 0.1) is 13.2 Å². The lowest BCUT2D eigenvalue weighted by atomic mass is 10.0. The minimum absolute atomic E-state index is 0.0472. The van der Waals surface area contributed by atoms with E-state index in [4.69, 9.17) is 24.3 Å². The van der Waals surface area contributed by atoms with Gasteiger partial charge in [-0.25, -0.2) is 4.57 Å². The average molecular weight is 826 g/mol. The second kappa shape index (κ2) is 43.8. The molecule has 0 aliphatic carbocycles. The van der Waals surface area contributed by atoms with Crippen molar-refractivity contribution in [3.05, 3.63) is 36.5 Å². The molecule has 57 heavy (non-hydrogen) atoms. The highest BCUT2D eigenvalue weighted by Gasteiger charge is 2.26. The molecule has 1 unspecified atom stereocenters. The van der Waals surface area contributed by atoms with Crippen molar-refractivity contribution in [3.63, 3.8) is 0 Å². The molecule has 2 atom stereocenters. The number of phosphoric ester groups is 1. The minimum Gasteiger partial charge on any atom is -0.462 e. The van der Waals surface area contributed by atoms with E-state index in [1.165, 1.54) is 122 Å². The van der Waals surface area contributed by atoms with Crippen molar-refractivity contribution in [2.24, 2.45) is 5.73 Å². The number of ether oxygens (including phenoxy) is 2. The summed E-state index contributed by atoms with van der Waals surface area (Å²) in [5.41, 5.74) is 5.35. The highest BCUT2D eigenvalue weighted by Crippen LogP contribution is 2.43. The standard InChI is InChI=1S/C47H88NO8P/c1-3-5-7-9-11-13-15-17-18-19-20-21-22-23-24-25-26-28-29-31-33-35-37-39-46(49)53-43-45(44-55-57(51,52)54-42-41-48)56-47(50)40-38-36-34-32-30-27-16-14-12-10-8-6-4-2/h14,16,25-26,31,33,45H,3-13,15,17-24,27-30,32,34-44,48H2,1-2H3,(H,51,52)/b16-14+,26-25+,33-31+/t45-/m0/s1. The Morgan fingerprint density at radius 3 is 1.37 bits per heavy atom. The van der Waals surface area contributed by atoms with E-state index in [1.54, 1.807) is 0 Å². The molecule has 0 aliphatic heterocycles. The van der Waals surface area contributed by atoms with Gasteiger partial charge in [0.1, 0.15) is 6.61 Å². The predicted octanol–water partition coefficient (Wildman–Crippen LogP) is 13.7. The van der Waals surface area contributed by atoms with E-state index < -0.39 is 32.5 Å². The van der Waals surface area contributed by atoms with Crippen molar-refractivity contribution < 1.29 is 37.6 Å². The van der Waals surface area contributed by atoms with Crippen LogP contribution < -0.4 is 5.73 Å². The molecule has 0 rings (SSSR count). The Hall–Kier alpha value is -1.77. The van der Waals surface area contributed by atoms with Gasteiger partial charge < -0.3 is 20.1 Å². The lowest BCUT2D eigenvalue weighted by Gasteiger charge is -2.19. The molecule has 0 aromatic heterocycles. The molecule has 334 valence electrons. The van der Waals surface area contributed by atoms with Crippen LogP contribution in [0.2, 0.25) is 0 Å². The summed E-state index contributed by atoms with van der Waals surface area (Å²) in [5, 5.41) is 0. The fourth-order valence-electron chi connectivity index (χ4n) is 6.47. The van der Waals surface area contributed by atoms with Crippen molar-refractivity contribution in [1.82, 2.24) is 0 Å². The van der Waals surface area contributed by atoms with Crippen LogP contribution in [0.4, 0.5) is 0 Å². The van der Waals surface area contributed by atoms with Crippen molar-refractivity contribution in [1.29, 1.82) is 0 Å². The van der Waals surface area contributed by atoms with E-state index in [2.05, 4.69) is 50.3 Å². The van der Waals surface area contributed by atoms with Crippen LogP contribution in [0.15, 0.2) is 36.5 Å². The van der Waals surface area contributed by atoms with Crippen molar-refractivity contribution in [2.45, 2.75) is 225 Å².